The number of carbonyl (C=O) groups is 1. The molecule has 1 saturated heterocycles. The number of aromatic nitrogens is 3. The monoisotopic (exact) mass is 331 g/mol. The zero-order chi connectivity index (χ0) is 16.9. The van der Waals surface area contributed by atoms with Crippen LogP contribution in [-0.2, 0) is 13.0 Å². The largest absolute Gasteiger partial charge is 0.435 e. The molecule has 0 aliphatic carbocycles. The topological polar surface area (TPSA) is 87.0 Å². The molecule has 0 saturated carbocycles. The lowest BCUT2D eigenvalue weighted by Crippen LogP contribution is -2.35. The Balaban J connectivity index is 1.54. The number of aromatic amines is 1. The van der Waals surface area contributed by atoms with Crippen molar-refractivity contribution in [2.75, 3.05) is 13.1 Å². The molecule has 3 heterocycles. The maximum Gasteiger partial charge on any atom is 0.289 e. The minimum absolute atomic E-state index is 0.149. The summed E-state index contributed by atoms with van der Waals surface area (Å²) in [5.41, 5.74) is 0.664. The summed E-state index contributed by atoms with van der Waals surface area (Å²) in [6, 6.07) is 0.175. The number of hydrogen-bond donors (Lipinski definition) is 2. The Hall–Kier alpha value is -2.15. The van der Waals surface area contributed by atoms with Crippen molar-refractivity contribution < 1.29 is 9.21 Å². The van der Waals surface area contributed by atoms with E-state index in [1.807, 2.05) is 20.0 Å². The summed E-state index contributed by atoms with van der Waals surface area (Å²) in [5.74, 6) is 1.80. The van der Waals surface area contributed by atoms with Gasteiger partial charge in [-0.2, -0.15) is 0 Å². The zero-order valence-corrected chi connectivity index (χ0v) is 14.3. The standard InChI is InChI=1S/C17H25N5O2/c1-3-15-20-12(2)16(24-15)17(23)21-13-5-4-9-22(10-6-13)11-14-18-7-8-19-14/h7-8,13H,3-6,9-11H2,1-2H3,(H,18,19)(H,21,23). The smallest absolute Gasteiger partial charge is 0.289 e. The maximum atomic E-state index is 12.4. The molecule has 2 aromatic rings. The summed E-state index contributed by atoms with van der Waals surface area (Å²) in [4.78, 5) is 26.5. The fourth-order valence-corrected chi connectivity index (χ4v) is 3.12. The van der Waals surface area contributed by atoms with Crippen LogP contribution >= 0.6 is 0 Å². The molecule has 1 aliphatic rings. The van der Waals surface area contributed by atoms with Crippen molar-refractivity contribution in [1.82, 2.24) is 25.2 Å². The van der Waals surface area contributed by atoms with E-state index in [0.29, 0.717) is 23.8 Å². The minimum atomic E-state index is -0.149. The number of aryl methyl sites for hydroxylation is 2. The van der Waals surface area contributed by atoms with E-state index < -0.39 is 0 Å². The molecule has 1 aliphatic heterocycles. The lowest BCUT2D eigenvalue weighted by atomic mass is 10.1. The first-order chi connectivity index (χ1) is 11.7. The second-order valence-corrected chi connectivity index (χ2v) is 6.29. The van der Waals surface area contributed by atoms with Crippen LogP contribution in [0, 0.1) is 6.92 Å². The van der Waals surface area contributed by atoms with Crippen LogP contribution in [0.15, 0.2) is 16.8 Å². The quantitative estimate of drug-likeness (QED) is 0.875. The molecule has 7 nitrogen and oxygen atoms in total. The molecule has 0 radical (unpaired) electrons. The van der Waals surface area contributed by atoms with Gasteiger partial charge in [0.1, 0.15) is 5.82 Å². The van der Waals surface area contributed by atoms with E-state index in [1.165, 1.54) is 0 Å². The SMILES string of the molecule is CCc1nc(C)c(C(=O)NC2CCCN(Cc3ncc[nH]3)CC2)o1. The van der Waals surface area contributed by atoms with E-state index in [0.717, 1.165) is 44.7 Å². The number of likely N-dealkylation sites (tertiary alicyclic amines) is 1. The molecule has 1 atom stereocenters. The average Bonchev–Trinajstić information content (AvgIpc) is 3.15. The molecule has 1 amide bonds. The van der Waals surface area contributed by atoms with Crippen LogP contribution in [0.4, 0.5) is 0 Å². The fraction of sp³-hybridized carbons (Fsp3) is 0.588. The molecule has 2 aromatic heterocycles. The van der Waals surface area contributed by atoms with Gasteiger partial charge in [0.25, 0.3) is 5.91 Å². The Morgan fingerprint density at radius 2 is 2.33 bits per heavy atom. The van der Waals surface area contributed by atoms with Gasteiger partial charge in [-0.05, 0) is 32.7 Å². The van der Waals surface area contributed by atoms with Gasteiger partial charge in [-0.25, -0.2) is 9.97 Å². The summed E-state index contributed by atoms with van der Waals surface area (Å²) in [6.45, 7) is 6.58. The Bertz CT molecular complexity index is 665. The molecule has 1 unspecified atom stereocenters. The van der Waals surface area contributed by atoms with Gasteiger partial charge in [0.15, 0.2) is 5.89 Å². The number of carbonyl (C=O) groups excluding carboxylic acids is 1. The minimum Gasteiger partial charge on any atom is -0.435 e. The van der Waals surface area contributed by atoms with E-state index in [1.54, 1.807) is 6.20 Å². The number of nitrogens with one attached hydrogen (secondary N) is 2. The molecule has 7 heteroatoms. The summed E-state index contributed by atoms with van der Waals surface area (Å²) in [5, 5.41) is 3.11. The van der Waals surface area contributed by atoms with Crippen LogP contribution in [0.3, 0.4) is 0 Å². The third-order valence-corrected chi connectivity index (χ3v) is 4.43. The predicted molar refractivity (Wildman–Crippen MR) is 89.6 cm³/mol. The number of hydrogen-bond acceptors (Lipinski definition) is 5. The first-order valence-corrected chi connectivity index (χ1v) is 8.63. The van der Waals surface area contributed by atoms with Crippen molar-refractivity contribution in [3.63, 3.8) is 0 Å². The second-order valence-electron chi connectivity index (χ2n) is 6.29. The highest BCUT2D eigenvalue weighted by Crippen LogP contribution is 2.15. The number of nitrogens with zero attached hydrogens (tertiary/aromatic N) is 3. The summed E-state index contributed by atoms with van der Waals surface area (Å²) in [7, 11) is 0. The van der Waals surface area contributed by atoms with Crippen molar-refractivity contribution in [2.45, 2.75) is 52.1 Å². The Morgan fingerprint density at radius 1 is 1.46 bits per heavy atom. The molecule has 1 fully saturated rings. The van der Waals surface area contributed by atoms with Gasteiger partial charge in [-0.1, -0.05) is 6.92 Å². The van der Waals surface area contributed by atoms with Crippen molar-refractivity contribution >= 4 is 5.91 Å². The van der Waals surface area contributed by atoms with Crippen LogP contribution in [-0.4, -0.2) is 44.9 Å². The van der Waals surface area contributed by atoms with Gasteiger partial charge in [0.2, 0.25) is 5.76 Å². The molecule has 0 bridgehead atoms. The highest BCUT2D eigenvalue weighted by atomic mass is 16.4. The lowest BCUT2D eigenvalue weighted by molar-refractivity contribution is 0.0902. The van der Waals surface area contributed by atoms with Crippen LogP contribution in [0.2, 0.25) is 0 Å². The fourth-order valence-electron chi connectivity index (χ4n) is 3.12. The Kier molecular flexibility index (Phi) is 5.30. The average molecular weight is 331 g/mol. The third-order valence-electron chi connectivity index (χ3n) is 4.43. The summed E-state index contributed by atoms with van der Waals surface area (Å²) >= 11 is 0. The third kappa shape index (κ3) is 4.03. The number of oxazole rings is 1. The van der Waals surface area contributed by atoms with E-state index in [4.69, 9.17) is 4.42 Å². The second kappa shape index (κ2) is 7.61. The van der Waals surface area contributed by atoms with Crippen molar-refractivity contribution in [3.8, 4) is 0 Å². The van der Waals surface area contributed by atoms with Crippen LogP contribution in [0.1, 0.15) is 54.2 Å². The molecule has 24 heavy (non-hydrogen) atoms. The van der Waals surface area contributed by atoms with Crippen LogP contribution in [0.5, 0.6) is 0 Å². The molecule has 2 N–H and O–H groups in total. The number of rotatable bonds is 5. The zero-order valence-electron chi connectivity index (χ0n) is 14.3. The molecule has 130 valence electrons. The van der Waals surface area contributed by atoms with Crippen molar-refractivity contribution in [3.05, 3.63) is 35.6 Å². The van der Waals surface area contributed by atoms with Crippen molar-refractivity contribution in [1.29, 1.82) is 0 Å². The van der Waals surface area contributed by atoms with Crippen LogP contribution in [0.25, 0.3) is 0 Å². The summed E-state index contributed by atoms with van der Waals surface area (Å²) < 4.78 is 5.54. The molecular formula is C17H25N5O2. The van der Waals surface area contributed by atoms with E-state index in [2.05, 4.69) is 25.2 Å². The van der Waals surface area contributed by atoms with Gasteiger partial charge in [-0.3, -0.25) is 9.69 Å². The van der Waals surface area contributed by atoms with Gasteiger partial charge < -0.3 is 14.7 Å². The van der Waals surface area contributed by atoms with E-state index in [9.17, 15) is 4.79 Å². The first-order valence-electron chi connectivity index (χ1n) is 8.63. The lowest BCUT2D eigenvalue weighted by Gasteiger charge is -2.19. The highest BCUT2D eigenvalue weighted by Gasteiger charge is 2.23. The number of imidazole rings is 1. The number of H-pyrrole nitrogens is 1. The van der Waals surface area contributed by atoms with Gasteiger partial charge in [0, 0.05) is 31.4 Å². The molecule has 0 aromatic carbocycles. The van der Waals surface area contributed by atoms with E-state index in [-0.39, 0.29) is 11.9 Å². The normalized spacial score (nSPS) is 19.2. The molecular weight excluding hydrogens is 306 g/mol. The van der Waals surface area contributed by atoms with Gasteiger partial charge >= 0.3 is 0 Å². The van der Waals surface area contributed by atoms with E-state index >= 15 is 0 Å². The Labute approximate surface area is 141 Å². The first kappa shape index (κ1) is 16.7. The van der Waals surface area contributed by atoms with Crippen LogP contribution < -0.4 is 5.32 Å². The Morgan fingerprint density at radius 3 is 3.04 bits per heavy atom. The van der Waals surface area contributed by atoms with Gasteiger partial charge in [0.05, 0.1) is 12.2 Å². The van der Waals surface area contributed by atoms with Crippen molar-refractivity contribution in [2.24, 2.45) is 0 Å². The summed E-state index contributed by atoms with van der Waals surface area (Å²) in [6.07, 6.45) is 7.29. The number of amides is 1. The maximum absolute atomic E-state index is 12.4. The predicted octanol–water partition coefficient (Wildman–Crippen LogP) is 2.05. The molecule has 3 rings (SSSR count). The van der Waals surface area contributed by atoms with Gasteiger partial charge in [-0.15, -0.1) is 0 Å². The highest BCUT2D eigenvalue weighted by molar-refractivity contribution is 5.92. The molecule has 0 spiro atoms.